The Bertz CT molecular complexity index is 1010. The fourth-order valence-corrected chi connectivity index (χ4v) is 3.84. The number of aliphatic hydroxyl groups is 1. The average molecular weight is 443 g/mol. The van der Waals surface area contributed by atoms with E-state index in [9.17, 15) is 14.7 Å². The molecule has 1 aliphatic heterocycles. The molecule has 0 aliphatic carbocycles. The Balaban J connectivity index is 2.13. The molecule has 0 spiro atoms. The number of ketones is 1. The number of likely N-dealkylation sites (tertiary alicyclic amines) is 1. The lowest BCUT2D eigenvalue weighted by Crippen LogP contribution is -2.35. The first-order valence-corrected chi connectivity index (χ1v) is 10.5. The Labute approximate surface area is 187 Å². The number of halogens is 1. The van der Waals surface area contributed by atoms with Gasteiger partial charge < -0.3 is 19.6 Å². The van der Waals surface area contributed by atoms with E-state index in [4.69, 9.17) is 16.3 Å². The topological polar surface area (TPSA) is 70.1 Å². The Hall–Kier alpha value is -2.83. The first-order chi connectivity index (χ1) is 14.7. The monoisotopic (exact) mass is 442 g/mol. The van der Waals surface area contributed by atoms with E-state index in [0.717, 1.165) is 5.56 Å². The van der Waals surface area contributed by atoms with Crippen LogP contribution in [0.25, 0.3) is 5.76 Å². The molecule has 1 amide bonds. The molecule has 1 unspecified atom stereocenters. The summed E-state index contributed by atoms with van der Waals surface area (Å²) in [5, 5.41) is 11.7. The minimum Gasteiger partial charge on any atom is -0.507 e. The number of carbonyl (C=O) groups is 2. The SMILES string of the molecule is CCOc1ccc(/C(O)=C2/C(=O)C(=O)N(CCN(C)C)C2c2ccc(Cl)cc2)c(C)c1. The third-order valence-corrected chi connectivity index (χ3v) is 5.53. The molecule has 2 aromatic carbocycles. The zero-order valence-corrected chi connectivity index (χ0v) is 18.9. The largest absolute Gasteiger partial charge is 0.507 e. The number of benzene rings is 2. The van der Waals surface area contributed by atoms with Crippen LogP contribution in [0.4, 0.5) is 0 Å². The molecule has 3 rings (SSSR count). The lowest BCUT2D eigenvalue weighted by Gasteiger charge is -2.26. The van der Waals surface area contributed by atoms with Gasteiger partial charge in [-0.1, -0.05) is 23.7 Å². The minimum absolute atomic E-state index is 0.0818. The second-order valence-corrected chi connectivity index (χ2v) is 8.19. The van der Waals surface area contributed by atoms with Gasteiger partial charge in [0, 0.05) is 23.7 Å². The molecule has 6 nitrogen and oxygen atoms in total. The zero-order chi connectivity index (χ0) is 22.7. The first-order valence-electron chi connectivity index (χ1n) is 10.2. The summed E-state index contributed by atoms with van der Waals surface area (Å²) in [7, 11) is 3.80. The van der Waals surface area contributed by atoms with Crippen LogP contribution in [0.5, 0.6) is 5.75 Å². The highest BCUT2D eigenvalue weighted by atomic mass is 35.5. The smallest absolute Gasteiger partial charge is 0.295 e. The van der Waals surface area contributed by atoms with Gasteiger partial charge in [0.1, 0.15) is 11.5 Å². The highest BCUT2D eigenvalue weighted by molar-refractivity contribution is 6.46. The number of likely N-dealkylation sites (N-methyl/N-ethyl adjacent to an activating group) is 1. The molecule has 7 heteroatoms. The molecule has 1 atom stereocenters. The lowest BCUT2D eigenvalue weighted by molar-refractivity contribution is -0.140. The molecule has 1 saturated heterocycles. The lowest BCUT2D eigenvalue weighted by atomic mass is 9.94. The van der Waals surface area contributed by atoms with E-state index in [1.807, 2.05) is 32.8 Å². The molecule has 1 N–H and O–H groups in total. The fraction of sp³-hybridized carbons (Fsp3) is 0.333. The van der Waals surface area contributed by atoms with Gasteiger partial charge >= 0.3 is 0 Å². The van der Waals surface area contributed by atoms with E-state index in [2.05, 4.69) is 0 Å². The van der Waals surface area contributed by atoms with Gasteiger partial charge in [-0.25, -0.2) is 0 Å². The minimum atomic E-state index is -0.691. The van der Waals surface area contributed by atoms with Crippen LogP contribution in [-0.2, 0) is 9.59 Å². The highest BCUT2D eigenvalue weighted by Crippen LogP contribution is 2.40. The number of rotatable bonds is 7. The summed E-state index contributed by atoms with van der Waals surface area (Å²) in [6.45, 7) is 5.18. The van der Waals surface area contributed by atoms with E-state index in [-0.39, 0.29) is 11.3 Å². The summed E-state index contributed by atoms with van der Waals surface area (Å²) in [5.74, 6) is -0.820. The Morgan fingerprint density at radius 3 is 2.42 bits per heavy atom. The summed E-state index contributed by atoms with van der Waals surface area (Å²) >= 11 is 6.04. The quantitative estimate of drug-likeness (QED) is 0.398. The number of aryl methyl sites for hydroxylation is 1. The average Bonchev–Trinajstić information content (AvgIpc) is 2.97. The molecule has 0 saturated carbocycles. The molecule has 31 heavy (non-hydrogen) atoms. The van der Waals surface area contributed by atoms with Gasteiger partial charge in [-0.05, 0) is 69.4 Å². The van der Waals surface area contributed by atoms with Crippen LogP contribution in [0.1, 0.15) is 29.7 Å². The van der Waals surface area contributed by atoms with Gasteiger partial charge in [0.25, 0.3) is 11.7 Å². The van der Waals surface area contributed by atoms with Gasteiger partial charge in [-0.2, -0.15) is 0 Å². The second-order valence-electron chi connectivity index (χ2n) is 7.76. The summed E-state index contributed by atoms with van der Waals surface area (Å²) < 4.78 is 5.51. The maximum Gasteiger partial charge on any atom is 0.295 e. The van der Waals surface area contributed by atoms with Gasteiger partial charge in [0.05, 0.1) is 18.2 Å². The maximum absolute atomic E-state index is 13.0. The molecule has 0 bridgehead atoms. The van der Waals surface area contributed by atoms with Crippen molar-refractivity contribution in [3.05, 3.63) is 69.8 Å². The Kier molecular flexibility index (Phi) is 7.03. The molecule has 2 aromatic rings. The van der Waals surface area contributed by atoms with Gasteiger partial charge in [-0.3, -0.25) is 9.59 Å². The molecule has 1 fully saturated rings. The summed E-state index contributed by atoms with van der Waals surface area (Å²) in [4.78, 5) is 29.4. The molecule has 0 radical (unpaired) electrons. The van der Waals surface area contributed by atoms with Gasteiger partial charge in [0.2, 0.25) is 0 Å². The molecule has 1 heterocycles. The van der Waals surface area contributed by atoms with Gasteiger partial charge in [-0.15, -0.1) is 0 Å². The van der Waals surface area contributed by atoms with Crippen molar-refractivity contribution in [1.29, 1.82) is 0 Å². The molecular weight excluding hydrogens is 416 g/mol. The second kappa shape index (κ2) is 9.54. The summed E-state index contributed by atoms with van der Waals surface area (Å²) in [6.07, 6.45) is 0. The van der Waals surface area contributed by atoms with Crippen LogP contribution in [0.3, 0.4) is 0 Å². The van der Waals surface area contributed by atoms with Crippen molar-refractivity contribution < 1.29 is 19.4 Å². The standard InChI is InChI=1S/C24H27ClN2O4/c1-5-31-18-10-11-19(15(2)14-18)22(28)20-21(16-6-8-17(25)9-7-16)27(13-12-26(3)4)24(30)23(20)29/h6-11,14,21,28H,5,12-13H2,1-4H3/b22-20-. The number of aliphatic hydroxyl groups excluding tert-OH is 1. The predicted octanol–water partition coefficient (Wildman–Crippen LogP) is 4.03. The van der Waals surface area contributed by atoms with Crippen molar-refractivity contribution in [3.63, 3.8) is 0 Å². The van der Waals surface area contributed by atoms with Crippen molar-refractivity contribution >= 4 is 29.1 Å². The maximum atomic E-state index is 13.0. The zero-order valence-electron chi connectivity index (χ0n) is 18.2. The van der Waals surface area contributed by atoms with Crippen molar-refractivity contribution in [2.24, 2.45) is 0 Å². The number of ether oxygens (including phenoxy) is 1. The molecule has 0 aromatic heterocycles. The van der Waals surface area contributed by atoms with Crippen LogP contribution < -0.4 is 4.74 Å². The third kappa shape index (κ3) is 4.75. The van der Waals surface area contributed by atoms with Crippen molar-refractivity contribution in [2.45, 2.75) is 19.9 Å². The van der Waals surface area contributed by atoms with Gasteiger partial charge in [0.15, 0.2) is 0 Å². The van der Waals surface area contributed by atoms with E-state index in [1.54, 1.807) is 42.5 Å². The number of nitrogens with zero attached hydrogens (tertiary/aromatic N) is 2. The molecule has 1 aliphatic rings. The normalized spacial score (nSPS) is 18.1. The fourth-order valence-electron chi connectivity index (χ4n) is 3.71. The summed E-state index contributed by atoms with van der Waals surface area (Å²) in [5.41, 5.74) is 2.04. The van der Waals surface area contributed by atoms with Crippen LogP contribution in [0, 0.1) is 6.92 Å². The van der Waals surface area contributed by atoms with Crippen LogP contribution in [0.15, 0.2) is 48.0 Å². The Morgan fingerprint density at radius 2 is 1.84 bits per heavy atom. The Morgan fingerprint density at radius 1 is 1.16 bits per heavy atom. The van der Waals surface area contributed by atoms with E-state index in [0.29, 0.717) is 41.6 Å². The first kappa shape index (κ1) is 22.8. The van der Waals surface area contributed by atoms with E-state index in [1.165, 1.54) is 4.90 Å². The van der Waals surface area contributed by atoms with Crippen molar-refractivity contribution in [2.75, 3.05) is 33.8 Å². The third-order valence-electron chi connectivity index (χ3n) is 5.28. The van der Waals surface area contributed by atoms with Crippen LogP contribution >= 0.6 is 11.6 Å². The number of carbonyl (C=O) groups excluding carboxylic acids is 2. The van der Waals surface area contributed by atoms with Crippen molar-refractivity contribution in [1.82, 2.24) is 9.80 Å². The predicted molar refractivity (Wildman–Crippen MR) is 121 cm³/mol. The van der Waals surface area contributed by atoms with E-state index < -0.39 is 17.7 Å². The van der Waals surface area contributed by atoms with Crippen molar-refractivity contribution in [3.8, 4) is 5.75 Å². The number of amides is 1. The molecular formula is C24H27ClN2O4. The number of hydrogen-bond acceptors (Lipinski definition) is 5. The highest BCUT2D eigenvalue weighted by Gasteiger charge is 2.46. The molecule has 164 valence electrons. The number of Topliss-reactive ketones (excluding diaryl/α,β-unsaturated/α-hetero) is 1. The van der Waals surface area contributed by atoms with Crippen LogP contribution in [-0.4, -0.2) is 60.4 Å². The number of hydrogen-bond donors (Lipinski definition) is 1. The summed E-state index contributed by atoms with van der Waals surface area (Å²) in [6, 6.07) is 11.5. The van der Waals surface area contributed by atoms with E-state index >= 15 is 0 Å². The van der Waals surface area contributed by atoms with Crippen LogP contribution in [0.2, 0.25) is 5.02 Å².